The second-order valence-corrected chi connectivity index (χ2v) is 7.36. The number of nitrogens with zero attached hydrogens (tertiary/aromatic N) is 3. The Hall–Kier alpha value is -1.41. The van der Waals surface area contributed by atoms with E-state index in [2.05, 4.69) is 18.9 Å². The predicted molar refractivity (Wildman–Crippen MR) is 71.6 cm³/mol. The number of carboxylic acids is 1. The van der Waals surface area contributed by atoms with Crippen molar-refractivity contribution >= 4 is 16.0 Å². The Bertz CT molecular complexity index is 594. The van der Waals surface area contributed by atoms with Gasteiger partial charge in [-0.2, -0.15) is 9.40 Å². The van der Waals surface area contributed by atoms with Gasteiger partial charge in [-0.05, 0) is 18.3 Å². The van der Waals surface area contributed by atoms with Gasteiger partial charge in [0, 0.05) is 19.3 Å². The number of hydrogen-bond acceptors (Lipinski definition) is 4. The van der Waals surface area contributed by atoms with Crippen LogP contribution in [0.3, 0.4) is 0 Å². The van der Waals surface area contributed by atoms with E-state index in [0.29, 0.717) is 24.9 Å². The van der Waals surface area contributed by atoms with Gasteiger partial charge in [-0.1, -0.05) is 13.8 Å². The minimum absolute atomic E-state index is 0.0585. The summed E-state index contributed by atoms with van der Waals surface area (Å²) in [6.45, 7) is 4.86. The third-order valence-corrected chi connectivity index (χ3v) is 5.49. The molecule has 1 aromatic heterocycles. The second kappa shape index (κ2) is 5.53. The van der Waals surface area contributed by atoms with E-state index in [1.54, 1.807) is 0 Å². The molecule has 1 N–H and O–H groups in total. The molecule has 1 aliphatic heterocycles. The summed E-state index contributed by atoms with van der Waals surface area (Å²) < 4.78 is 27.4. The van der Waals surface area contributed by atoms with Crippen molar-refractivity contribution < 1.29 is 18.3 Å². The van der Waals surface area contributed by atoms with Crippen molar-refractivity contribution in [1.82, 2.24) is 14.1 Å². The normalized spacial score (nSPS) is 20.6. The van der Waals surface area contributed by atoms with Gasteiger partial charge in [-0.25, -0.2) is 8.42 Å². The van der Waals surface area contributed by atoms with E-state index in [1.807, 2.05) is 0 Å². The minimum Gasteiger partial charge on any atom is -0.480 e. The lowest BCUT2D eigenvalue weighted by molar-refractivity contribution is -0.137. The van der Waals surface area contributed by atoms with E-state index < -0.39 is 16.0 Å². The number of aliphatic carboxylic acids is 1. The third kappa shape index (κ3) is 3.01. The van der Waals surface area contributed by atoms with Crippen molar-refractivity contribution in [2.45, 2.75) is 31.7 Å². The van der Waals surface area contributed by atoms with Gasteiger partial charge < -0.3 is 5.11 Å². The highest BCUT2D eigenvalue weighted by Gasteiger charge is 2.34. The molecule has 1 aliphatic rings. The third-order valence-electron chi connectivity index (χ3n) is 3.67. The standard InChI is InChI=1S/C12H19N3O4S/c1-9(2)10-3-4-15(6-10)20(18,19)11-5-13-14(7-11)8-12(16)17/h5,7,9-10H,3-4,6,8H2,1-2H3,(H,16,17). The summed E-state index contributed by atoms with van der Waals surface area (Å²) in [5.74, 6) is -0.234. The van der Waals surface area contributed by atoms with Crippen molar-refractivity contribution in [1.29, 1.82) is 0 Å². The van der Waals surface area contributed by atoms with Gasteiger partial charge in [-0.3, -0.25) is 9.48 Å². The van der Waals surface area contributed by atoms with Gasteiger partial charge in [0.15, 0.2) is 0 Å². The number of aromatic nitrogens is 2. The molecule has 0 saturated carbocycles. The van der Waals surface area contributed by atoms with E-state index in [4.69, 9.17) is 5.11 Å². The van der Waals surface area contributed by atoms with Crippen LogP contribution in [0.25, 0.3) is 0 Å². The van der Waals surface area contributed by atoms with E-state index in [9.17, 15) is 13.2 Å². The Balaban J connectivity index is 2.15. The van der Waals surface area contributed by atoms with Gasteiger partial charge in [0.1, 0.15) is 11.4 Å². The molecule has 2 rings (SSSR count). The Labute approximate surface area is 118 Å². The maximum Gasteiger partial charge on any atom is 0.325 e. The minimum atomic E-state index is -3.56. The summed E-state index contributed by atoms with van der Waals surface area (Å²) in [4.78, 5) is 10.6. The van der Waals surface area contributed by atoms with Crippen LogP contribution in [-0.4, -0.2) is 46.7 Å². The molecule has 7 nitrogen and oxygen atoms in total. The highest BCUT2D eigenvalue weighted by atomic mass is 32.2. The van der Waals surface area contributed by atoms with Crippen LogP contribution in [0.5, 0.6) is 0 Å². The van der Waals surface area contributed by atoms with Crippen LogP contribution in [-0.2, 0) is 21.4 Å². The number of carboxylic acid groups (broad SMARTS) is 1. The van der Waals surface area contributed by atoms with E-state index in [1.165, 1.54) is 16.7 Å². The highest BCUT2D eigenvalue weighted by Crippen LogP contribution is 2.28. The molecular weight excluding hydrogens is 282 g/mol. The van der Waals surface area contributed by atoms with Gasteiger partial charge in [0.25, 0.3) is 0 Å². The first-order valence-corrected chi connectivity index (χ1v) is 7.99. The smallest absolute Gasteiger partial charge is 0.325 e. The molecule has 1 atom stereocenters. The fourth-order valence-corrected chi connectivity index (χ4v) is 3.84. The predicted octanol–water partition coefficient (Wildman–Crippen LogP) is 0.634. The zero-order valence-electron chi connectivity index (χ0n) is 11.6. The molecule has 8 heteroatoms. The number of carbonyl (C=O) groups is 1. The molecule has 1 aromatic rings. The SMILES string of the molecule is CC(C)C1CCN(S(=O)(=O)c2cnn(CC(=O)O)c2)C1. The summed E-state index contributed by atoms with van der Waals surface area (Å²) >= 11 is 0. The van der Waals surface area contributed by atoms with Gasteiger partial charge in [0.05, 0.1) is 6.20 Å². The molecule has 0 aromatic carbocycles. The van der Waals surface area contributed by atoms with Gasteiger partial charge >= 0.3 is 5.97 Å². The maximum atomic E-state index is 12.4. The maximum absolute atomic E-state index is 12.4. The fourth-order valence-electron chi connectivity index (χ4n) is 2.37. The molecule has 0 spiro atoms. The lowest BCUT2D eigenvalue weighted by Crippen LogP contribution is -2.29. The van der Waals surface area contributed by atoms with Crippen LogP contribution in [0.1, 0.15) is 20.3 Å². The number of hydrogen-bond donors (Lipinski definition) is 1. The second-order valence-electron chi connectivity index (χ2n) is 5.42. The first-order chi connectivity index (χ1) is 9.30. The topological polar surface area (TPSA) is 92.5 Å². The molecular formula is C12H19N3O4S. The highest BCUT2D eigenvalue weighted by molar-refractivity contribution is 7.89. The molecule has 112 valence electrons. The first kappa shape index (κ1) is 15.0. The summed E-state index contributed by atoms with van der Waals surface area (Å²) in [6.07, 6.45) is 3.34. The molecule has 0 amide bonds. The Kier molecular flexibility index (Phi) is 4.14. The molecule has 1 saturated heterocycles. The van der Waals surface area contributed by atoms with Gasteiger partial charge in [-0.15, -0.1) is 0 Å². The molecule has 0 radical (unpaired) electrons. The Morgan fingerprint density at radius 3 is 2.80 bits per heavy atom. The van der Waals surface area contributed by atoms with Crippen LogP contribution >= 0.6 is 0 Å². The van der Waals surface area contributed by atoms with Crippen molar-refractivity contribution in [3.8, 4) is 0 Å². The zero-order chi connectivity index (χ0) is 14.9. The monoisotopic (exact) mass is 301 g/mol. The number of rotatable bonds is 5. The van der Waals surface area contributed by atoms with Crippen molar-refractivity contribution in [3.63, 3.8) is 0 Å². The molecule has 0 aliphatic carbocycles. The number of sulfonamides is 1. The quantitative estimate of drug-likeness (QED) is 0.861. The summed E-state index contributed by atoms with van der Waals surface area (Å²) in [5, 5.41) is 12.4. The first-order valence-electron chi connectivity index (χ1n) is 6.55. The molecule has 20 heavy (non-hydrogen) atoms. The summed E-state index contributed by atoms with van der Waals surface area (Å²) in [7, 11) is -3.56. The average Bonchev–Trinajstić information content (AvgIpc) is 2.95. The summed E-state index contributed by atoms with van der Waals surface area (Å²) in [5.41, 5.74) is 0. The van der Waals surface area contributed by atoms with E-state index >= 15 is 0 Å². The molecule has 1 unspecified atom stereocenters. The van der Waals surface area contributed by atoms with E-state index in [-0.39, 0.29) is 11.4 Å². The van der Waals surface area contributed by atoms with Crippen LogP contribution in [0, 0.1) is 11.8 Å². The van der Waals surface area contributed by atoms with E-state index in [0.717, 1.165) is 11.1 Å². The molecule has 0 bridgehead atoms. The van der Waals surface area contributed by atoms with Gasteiger partial charge in [0.2, 0.25) is 10.0 Å². The summed E-state index contributed by atoms with van der Waals surface area (Å²) in [6, 6.07) is 0. The lowest BCUT2D eigenvalue weighted by Gasteiger charge is -2.17. The average molecular weight is 301 g/mol. The Morgan fingerprint density at radius 2 is 2.25 bits per heavy atom. The van der Waals surface area contributed by atoms with Crippen LogP contribution in [0.15, 0.2) is 17.3 Å². The zero-order valence-corrected chi connectivity index (χ0v) is 12.4. The Morgan fingerprint density at radius 1 is 1.55 bits per heavy atom. The fraction of sp³-hybridized carbons (Fsp3) is 0.667. The van der Waals surface area contributed by atoms with Crippen LogP contribution in [0.4, 0.5) is 0 Å². The van der Waals surface area contributed by atoms with Crippen LogP contribution in [0.2, 0.25) is 0 Å². The van der Waals surface area contributed by atoms with Crippen molar-refractivity contribution in [2.24, 2.45) is 11.8 Å². The molecule has 2 heterocycles. The van der Waals surface area contributed by atoms with Crippen molar-refractivity contribution in [3.05, 3.63) is 12.4 Å². The van der Waals surface area contributed by atoms with Crippen LogP contribution < -0.4 is 0 Å². The molecule has 1 fully saturated rings. The van der Waals surface area contributed by atoms with Crippen molar-refractivity contribution in [2.75, 3.05) is 13.1 Å². The lowest BCUT2D eigenvalue weighted by atomic mass is 9.96. The largest absolute Gasteiger partial charge is 0.480 e.